The van der Waals surface area contributed by atoms with Gasteiger partial charge >= 0.3 is 0 Å². The largest absolute Gasteiger partial charge is 0.352 e. The van der Waals surface area contributed by atoms with Crippen LogP contribution in [-0.4, -0.2) is 41.2 Å². The second-order valence-corrected chi connectivity index (χ2v) is 10.1. The lowest BCUT2D eigenvalue weighted by Crippen LogP contribution is -2.47. The average molecular weight is 462 g/mol. The number of aryl methyl sites for hydroxylation is 1. The Hall–Kier alpha value is -3.15. The number of benzene rings is 2. The van der Waals surface area contributed by atoms with E-state index in [1.807, 2.05) is 42.2 Å². The van der Waals surface area contributed by atoms with Gasteiger partial charge in [-0.25, -0.2) is 0 Å². The monoisotopic (exact) mass is 461 g/mol. The van der Waals surface area contributed by atoms with Gasteiger partial charge in [0.1, 0.15) is 6.04 Å². The molecular weight excluding hydrogens is 426 g/mol. The number of carbonyl (C=O) groups is 3. The summed E-state index contributed by atoms with van der Waals surface area (Å²) < 4.78 is 0. The fraction of sp³-hybridized carbons (Fsp3) is 0.464. The van der Waals surface area contributed by atoms with Crippen molar-refractivity contribution in [3.63, 3.8) is 0 Å². The number of rotatable bonds is 6. The van der Waals surface area contributed by atoms with E-state index in [4.69, 9.17) is 0 Å². The Bertz CT molecular complexity index is 1050. The predicted molar refractivity (Wildman–Crippen MR) is 134 cm³/mol. The van der Waals surface area contributed by atoms with Gasteiger partial charge in [-0.1, -0.05) is 44.9 Å². The summed E-state index contributed by atoms with van der Waals surface area (Å²) in [7, 11) is 0. The Kier molecular flexibility index (Phi) is 7.35. The van der Waals surface area contributed by atoms with Gasteiger partial charge in [0.25, 0.3) is 11.8 Å². The summed E-state index contributed by atoms with van der Waals surface area (Å²) in [5, 5.41) is 5.97. The van der Waals surface area contributed by atoms with E-state index < -0.39 is 6.04 Å². The minimum Gasteiger partial charge on any atom is -0.352 e. The molecule has 2 N–H and O–H groups in total. The van der Waals surface area contributed by atoms with Crippen LogP contribution in [0.25, 0.3) is 0 Å². The molecule has 4 rings (SSSR count). The molecule has 34 heavy (non-hydrogen) atoms. The van der Waals surface area contributed by atoms with Gasteiger partial charge in [-0.2, -0.15) is 0 Å². The van der Waals surface area contributed by atoms with Crippen LogP contribution in [0.2, 0.25) is 0 Å². The van der Waals surface area contributed by atoms with Crippen LogP contribution in [0.4, 0.5) is 5.69 Å². The van der Waals surface area contributed by atoms with Crippen LogP contribution >= 0.6 is 0 Å². The molecule has 0 bridgehead atoms. The highest BCUT2D eigenvalue weighted by Gasteiger charge is 2.47. The first-order valence-electron chi connectivity index (χ1n) is 12.4. The number of hydrogen-bond acceptors (Lipinski definition) is 3. The van der Waals surface area contributed by atoms with Crippen LogP contribution in [-0.2, 0) is 4.79 Å². The molecule has 2 aromatic rings. The summed E-state index contributed by atoms with van der Waals surface area (Å²) in [5.74, 6) is 0.405. The van der Waals surface area contributed by atoms with Crippen LogP contribution in [0, 0.1) is 18.8 Å². The Morgan fingerprint density at radius 2 is 1.74 bits per heavy atom. The van der Waals surface area contributed by atoms with Crippen molar-refractivity contribution in [3.05, 3.63) is 65.2 Å². The summed E-state index contributed by atoms with van der Waals surface area (Å²) >= 11 is 0. The molecule has 1 saturated carbocycles. The smallest absolute Gasteiger partial charge is 0.254 e. The van der Waals surface area contributed by atoms with E-state index in [1.165, 1.54) is 0 Å². The molecular formula is C28H35N3O3. The molecule has 0 aromatic heterocycles. The number of nitrogens with one attached hydrogen (secondary N) is 2. The zero-order chi connectivity index (χ0) is 24.2. The molecule has 0 radical (unpaired) electrons. The Labute approximate surface area is 202 Å². The highest BCUT2D eigenvalue weighted by Crippen LogP contribution is 2.41. The maximum atomic E-state index is 13.5. The van der Waals surface area contributed by atoms with Crippen molar-refractivity contribution in [1.82, 2.24) is 10.2 Å². The standard InChI is InChI=1S/C28H35N3O3/c1-18(2)17-29-26(32)22-13-14-23(19(3)15-22)30-27(33)25-16-21-11-7-8-12-24(21)31(25)28(34)20-9-5-4-6-10-20/h4-6,9-10,13-15,18,21,24-25H,7-8,11-12,16-17H2,1-3H3,(H,29,32)(H,30,33). The van der Waals surface area contributed by atoms with Gasteiger partial charge in [-0.3, -0.25) is 14.4 Å². The van der Waals surface area contributed by atoms with Gasteiger partial charge in [0.2, 0.25) is 5.91 Å². The fourth-order valence-electron chi connectivity index (χ4n) is 5.28. The molecule has 6 nitrogen and oxygen atoms in total. The molecule has 2 fully saturated rings. The van der Waals surface area contributed by atoms with Crippen LogP contribution in [0.3, 0.4) is 0 Å². The highest BCUT2D eigenvalue weighted by molar-refractivity contribution is 6.02. The third kappa shape index (κ3) is 5.16. The predicted octanol–water partition coefficient (Wildman–Crippen LogP) is 4.79. The van der Waals surface area contributed by atoms with Crippen LogP contribution in [0.15, 0.2) is 48.5 Å². The Morgan fingerprint density at radius 3 is 2.44 bits per heavy atom. The molecule has 1 aliphatic heterocycles. The van der Waals surface area contributed by atoms with E-state index >= 15 is 0 Å². The molecule has 1 saturated heterocycles. The van der Waals surface area contributed by atoms with Crippen molar-refractivity contribution in [2.45, 2.75) is 65.0 Å². The van der Waals surface area contributed by atoms with Gasteiger partial charge < -0.3 is 15.5 Å². The second-order valence-electron chi connectivity index (χ2n) is 10.1. The highest BCUT2D eigenvalue weighted by atomic mass is 16.2. The summed E-state index contributed by atoms with van der Waals surface area (Å²) in [6, 6.07) is 14.2. The van der Waals surface area contributed by atoms with Crippen molar-refractivity contribution in [2.24, 2.45) is 11.8 Å². The van der Waals surface area contributed by atoms with E-state index in [9.17, 15) is 14.4 Å². The summed E-state index contributed by atoms with van der Waals surface area (Å²) in [6.07, 6.45) is 4.96. The molecule has 2 aliphatic rings. The third-order valence-electron chi connectivity index (χ3n) is 7.06. The zero-order valence-electron chi connectivity index (χ0n) is 20.3. The average Bonchev–Trinajstić information content (AvgIpc) is 3.23. The minimum atomic E-state index is -0.491. The van der Waals surface area contributed by atoms with Crippen molar-refractivity contribution in [3.8, 4) is 0 Å². The van der Waals surface area contributed by atoms with Crippen LogP contribution < -0.4 is 10.6 Å². The molecule has 3 unspecified atom stereocenters. The van der Waals surface area contributed by atoms with Gasteiger partial charge in [0.15, 0.2) is 0 Å². The molecule has 1 heterocycles. The molecule has 2 aromatic carbocycles. The fourth-order valence-corrected chi connectivity index (χ4v) is 5.28. The van der Waals surface area contributed by atoms with Crippen molar-refractivity contribution in [1.29, 1.82) is 0 Å². The third-order valence-corrected chi connectivity index (χ3v) is 7.06. The first-order valence-corrected chi connectivity index (χ1v) is 12.4. The normalized spacial score (nSPS) is 21.8. The quantitative estimate of drug-likeness (QED) is 0.649. The lowest BCUT2D eigenvalue weighted by atomic mass is 9.84. The van der Waals surface area contributed by atoms with E-state index in [1.54, 1.807) is 18.2 Å². The number of hydrogen-bond donors (Lipinski definition) is 2. The topological polar surface area (TPSA) is 78.5 Å². The Morgan fingerprint density at radius 1 is 1.00 bits per heavy atom. The number of carbonyl (C=O) groups excluding carboxylic acids is 3. The minimum absolute atomic E-state index is 0.0657. The van der Waals surface area contributed by atoms with Crippen molar-refractivity contribution >= 4 is 23.4 Å². The number of fused-ring (bicyclic) bond motifs is 1. The first-order chi connectivity index (χ1) is 16.3. The van der Waals surface area contributed by atoms with Crippen LogP contribution in [0.1, 0.15) is 72.2 Å². The van der Waals surface area contributed by atoms with Crippen molar-refractivity contribution < 1.29 is 14.4 Å². The molecule has 6 heteroatoms. The number of nitrogens with zero attached hydrogens (tertiary/aromatic N) is 1. The number of likely N-dealkylation sites (tertiary alicyclic amines) is 1. The van der Waals surface area contributed by atoms with E-state index in [0.29, 0.717) is 41.6 Å². The van der Waals surface area contributed by atoms with E-state index in [2.05, 4.69) is 24.5 Å². The maximum absolute atomic E-state index is 13.5. The van der Waals surface area contributed by atoms with Gasteiger partial charge in [-0.05, 0) is 73.9 Å². The lowest BCUT2D eigenvalue weighted by Gasteiger charge is -2.33. The van der Waals surface area contributed by atoms with Gasteiger partial charge in [0.05, 0.1) is 0 Å². The molecule has 180 valence electrons. The molecule has 3 amide bonds. The Balaban J connectivity index is 1.52. The lowest BCUT2D eigenvalue weighted by molar-refractivity contribution is -0.120. The zero-order valence-corrected chi connectivity index (χ0v) is 20.3. The molecule has 0 spiro atoms. The number of amides is 3. The SMILES string of the molecule is Cc1cc(C(=O)NCC(C)C)ccc1NC(=O)C1CC2CCCCC2N1C(=O)c1ccccc1. The summed E-state index contributed by atoms with van der Waals surface area (Å²) in [6.45, 7) is 6.60. The number of anilines is 1. The van der Waals surface area contributed by atoms with E-state index in [-0.39, 0.29) is 23.8 Å². The summed E-state index contributed by atoms with van der Waals surface area (Å²) in [4.78, 5) is 41.2. The first kappa shape index (κ1) is 24.0. The maximum Gasteiger partial charge on any atom is 0.254 e. The van der Waals surface area contributed by atoms with Crippen LogP contribution in [0.5, 0.6) is 0 Å². The summed E-state index contributed by atoms with van der Waals surface area (Å²) in [5.41, 5.74) is 2.69. The molecule has 1 aliphatic carbocycles. The van der Waals surface area contributed by atoms with Gasteiger partial charge in [0, 0.05) is 29.4 Å². The van der Waals surface area contributed by atoms with Crippen molar-refractivity contribution in [2.75, 3.05) is 11.9 Å². The molecule has 3 atom stereocenters. The second kappa shape index (κ2) is 10.4. The van der Waals surface area contributed by atoms with Gasteiger partial charge in [-0.15, -0.1) is 0 Å². The van der Waals surface area contributed by atoms with E-state index in [0.717, 1.165) is 31.2 Å².